The maximum absolute atomic E-state index is 10.3. The molecule has 0 bridgehead atoms. The molecule has 7 heteroatoms. The van der Waals surface area contributed by atoms with E-state index >= 15 is 0 Å². The van der Waals surface area contributed by atoms with Crippen molar-refractivity contribution in [2.24, 2.45) is 4.99 Å². The summed E-state index contributed by atoms with van der Waals surface area (Å²) in [6, 6.07) is 5.80. The summed E-state index contributed by atoms with van der Waals surface area (Å²) in [7, 11) is 5.28. The van der Waals surface area contributed by atoms with E-state index < -0.39 is 5.60 Å². The predicted octanol–water partition coefficient (Wildman–Crippen LogP) is 2.63. The van der Waals surface area contributed by atoms with Crippen molar-refractivity contribution < 1.29 is 14.6 Å². The molecule has 1 aliphatic rings. The van der Waals surface area contributed by atoms with Gasteiger partial charge in [-0.1, -0.05) is 0 Å². The predicted molar refractivity (Wildman–Crippen MR) is 111 cm³/mol. The lowest BCUT2D eigenvalue weighted by Crippen LogP contribution is -2.43. The molecule has 0 heterocycles. The number of hydrogen-bond acceptors (Lipinski definition) is 4. The number of halogens is 1. The Kier molecular flexibility index (Phi) is 8.78. The molecular formula is C18H30IN3O3. The molecule has 1 aliphatic carbocycles. The highest BCUT2D eigenvalue weighted by Gasteiger charge is 2.34. The van der Waals surface area contributed by atoms with Crippen molar-refractivity contribution in [2.75, 3.05) is 34.4 Å². The Hall–Kier alpha value is -1.22. The SMILES string of the molecule is CCNC(=NCC1(O)CCC1)N(C)Cc1ccc(OC)cc1OC.I. The normalized spacial score (nSPS) is 15.6. The minimum Gasteiger partial charge on any atom is -0.497 e. The van der Waals surface area contributed by atoms with Crippen LogP contribution in [0.15, 0.2) is 23.2 Å². The molecule has 2 rings (SSSR count). The van der Waals surface area contributed by atoms with Gasteiger partial charge in [-0.3, -0.25) is 4.99 Å². The van der Waals surface area contributed by atoms with Gasteiger partial charge in [-0.2, -0.15) is 0 Å². The molecule has 142 valence electrons. The first kappa shape index (κ1) is 21.8. The largest absolute Gasteiger partial charge is 0.497 e. The molecule has 2 N–H and O–H groups in total. The number of aliphatic hydroxyl groups is 1. The van der Waals surface area contributed by atoms with Crippen molar-refractivity contribution in [1.82, 2.24) is 10.2 Å². The fourth-order valence-electron chi connectivity index (χ4n) is 2.75. The molecule has 1 aromatic rings. The summed E-state index contributed by atoms with van der Waals surface area (Å²) in [6.07, 6.45) is 2.76. The Bertz CT molecular complexity index is 577. The number of rotatable bonds is 7. The van der Waals surface area contributed by atoms with Crippen molar-refractivity contribution in [3.63, 3.8) is 0 Å². The van der Waals surface area contributed by atoms with Crippen molar-refractivity contribution in [1.29, 1.82) is 0 Å². The number of nitrogens with one attached hydrogen (secondary N) is 1. The lowest BCUT2D eigenvalue weighted by Gasteiger charge is -2.35. The number of aliphatic imine (C=N–C) groups is 1. The summed E-state index contributed by atoms with van der Waals surface area (Å²) in [5.41, 5.74) is 0.438. The fourth-order valence-corrected chi connectivity index (χ4v) is 2.75. The highest BCUT2D eigenvalue weighted by molar-refractivity contribution is 14.0. The van der Waals surface area contributed by atoms with Crippen LogP contribution >= 0.6 is 24.0 Å². The maximum Gasteiger partial charge on any atom is 0.194 e. The molecule has 1 saturated carbocycles. The average molecular weight is 463 g/mol. The summed E-state index contributed by atoms with van der Waals surface area (Å²) in [4.78, 5) is 6.65. The Morgan fingerprint density at radius 3 is 2.56 bits per heavy atom. The highest BCUT2D eigenvalue weighted by atomic mass is 127. The van der Waals surface area contributed by atoms with Crippen LogP contribution in [0.25, 0.3) is 0 Å². The van der Waals surface area contributed by atoms with Gasteiger partial charge in [-0.05, 0) is 38.3 Å². The van der Waals surface area contributed by atoms with Crippen molar-refractivity contribution in [3.8, 4) is 11.5 Å². The van der Waals surface area contributed by atoms with Gasteiger partial charge < -0.3 is 24.8 Å². The molecule has 1 fully saturated rings. The number of nitrogens with zero attached hydrogens (tertiary/aromatic N) is 2. The van der Waals surface area contributed by atoms with Crippen LogP contribution in [0.2, 0.25) is 0 Å². The van der Waals surface area contributed by atoms with Gasteiger partial charge in [-0.25, -0.2) is 0 Å². The van der Waals surface area contributed by atoms with Crippen molar-refractivity contribution >= 4 is 29.9 Å². The van der Waals surface area contributed by atoms with Crippen LogP contribution in [-0.2, 0) is 6.54 Å². The van der Waals surface area contributed by atoms with E-state index in [0.29, 0.717) is 13.1 Å². The van der Waals surface area contributed by atoms with Crippen LogP contribution in [0.4, 0.5) is 0 Å². The fraction of sp³-hybridized carbons (Fsp3) is 0.611. The van der Waals surface area contributed by atoms with Gasteiger partial charge in [0.15, 0.2) is 5.96 Å². The second-order valence-electron chi connectivity index (χ2n) is 6.28. The van der Waals surface area contributed by atoms with Crippen LogP contribution in [0, 0.1) is 0 Å². The van der Waals surface area contributed by atoms with E-state index in [1.807, 2.05) is 37.1 Å². The Morgan fingerprint density at radius 1 is 1.32 bits per heavy atom. The van der Waals surface area contributed by atoms with E-state index in [4.69, 9.17) is 9.47 Å². The standard InChI is InChI=1S/C18H29N3O3.HI/c1-5-19-17(20-13-18(22)9-6-10-18)21(2)12-14-7-8-15(23-3)11-16(14)24-4;/h7-8,11,22H,5-6,9-10,12-13H2,1-4H3,(H,19,20);1H. The smallest absolute Gasteiger partial charge is 0.194 e. The molecule has 0 saturated heterocycles. The number of ether oxygens (including phenoxy) is 2. The zero-order chi connectivity index (χ0) is 17.6. The molecule has 0 atom stereocenters. The van der Waals surface area contributed by atoms with E-state index in [-0.39, 0.29) is 24.0 Å². The topological polar surface area (TPSA) is 66.3 Å². The zero-order valence-corrected chi connectivity index (χ0v) is 17.9. The van der Waals surface area contributed by atoms with Crippen LogP contribution in [0.5, 0.6) is 11.5 Å². The van der Waals surface area contributed by atoms with Crippen LogP contribution in [0.1, 0.15) is 31.7 Å². The lowest BCUT2D eigenvalue weighted by molar-refractivity contribution is -0.0237. The molecule has 0 aromatic heterocycles. The summed E-state index contributed by atoms with van der Waals surface area (Å²) in [6.45, 7) is 3.91. The van der Waals surface area contributed by atoms with E-state index in [2.05, 4.69) is 10.3 Å². The maximum atomic E-state index is 10.3. The zero-order valence-electron chi connectivity index (χ0n) is 15.5. The molecular weight excluding hydrogens is 433 g/mol. The first-order valence-electron chi connectivity index (χ1n) is 8.44. The Morgan fingerprint density at radius 2 is 2.04 bits per heavy atom. The summed E-state index contributed by atoms with van der Waals surface area (Å²) >= 11 is 0. The molecule has 0 radical (unpaired) electrons. The van der Waals surface area contributed by atoms with E-state index in [1.54, 1.807) is 14.2 Å². The van der Waals surface area contributed by atoms with Gasteiger partial charge in [0.1, 0.15) is 11.5 Å². The molecule has 1 aromatic carbocycles. The van der Waals surface area contributed by atoms with E-state index in [0.717, 1.165) is 48.8 Å². The molecule has 0 amide bonds. The number of hydrogen-bond donors (Lipinski definition) is 2. The average Bonchev–Trinajstić information content (AvgIpc) is 2.57. The van der Waals surface area contributed by atoms with Crippen LogP contribution in [0.3, 0.4) is 0 Å². The first-order chi connectivity index (χ1) is 11.5. The summed E-state index contributed by atoms with van der Waals surface area (Å²) in [5.74, 6) is 2.34. The number of methoxy groups -OCH3 is 2. The van der Waals surface area contributed by atoms with Gasteiger partial charge in [0.2, 0.25) is 0 Å². The second kappa shape index (κ2) is 10.1. The molecule has 6 nitrogen and oxygen atoms in total. The van der Waals surface area contributed by atoms with Gasteiger partial charge >= 0.3 is 0 Å². The third kappa shape index (κ3) is 5.91. The number of benzene rings is 1. The first-order valence-corrected chi connectivity index (χ1v) is 8.44. The second-order valence-corrected chi connectivity index (χ2v) is 6.28. The number of guanidine groups is 1. The summed E-state index contributed by atoms with van der Waals surface area (Å²) < 4.78 is 10.7. The van der Waals surface area contributed by atoms with Gasteiger partial charge in [0, 0.05) is 31.8 Å². The minimum atomic E-state index is -0.612. The van der Waals surface area contributed by atoms with E-state index in [9.17, 15) is 5.11 Å². The Balaban J connectivity index is 0.00000312. The van der Waals surface area contributed by atoms with Gasteiger partial charge in [0.25, 0.3) is 0 Å². The van der Waals surface area contributed by atoms with Crippen LogP contribution in [-0.4, -0.2) is 55.9 Å². The summed E-state index contributed by atoms with van der Waals surface area (Å²) in [5, 5.41) is 13.5. The van der Waals surface area contributed by atoms with E-state index in [1.165, 1.54) is 0 Å². The molecule has 0 spiro atoms. The monoisotopic (exact) mass is 463 g/mol. The lowest BCUT2D eigenvalue weighted by atomic mass is 9.80. The third-order valence-electron chi connectivity index (χ3n) is 4.41. The van der Waals surface area contributed by atoms with Gasteiger partial charge in [0.05, 0.1) is 26.4 Å². The van der Waals surface area contributed by atoms with Crippen molar-refractivity contribution in [3.05, 3.63) is 23.8 Å². The minimum absolute atomic E-state index is 0. The van der Waals surface area contributed by atoms with Crippen LogP contribution < -0.4 is 14.8 Å². The molecule has 0 aliphatic heterocycles. The molecule has 0 unspecified atom stereocenters. The molecule has 25 heavy (non-hydrogen) atoms. The van der Waals surface area contributed by atoms with Crippen molar-refractivity contribution in [2.45, 2.75) is 38.3 Å². The Labute approximate surface area is 167 Å². The highest BCUT2D eigenvalue weighted by Crippen LogP contribution is 2.31. The third-order valence-corrected chi connectivity index (χ3v) is 4.41. The van der Waals surface area contributed by atoms with Gasteiger partial charge in [-0.15, -0.1) is 24.0 Å². The quantitative estimate of drug-likeness (QED) is 0.370.